The number of nitrogens with zero attached hydrogens (tertiary/aromatic N) is 2. The third-order valence-corrected chi connectivity index (χ3v) is 4.63. The number of hydrogen-bond donors (Lipinski definition) is 1. The van der Waals surface area contributed by atoms with Gasteiger partial charge in [-0.15, -0.1) is 0 Å². The molecule has 1 unspecified atom stereocenters. The lowest BCUT2D eigenvalue weighted by atomic mass is 10.0. The first kappa shape index (κ1) is 19.8. The highest BCUT2D eigenvalue weighted by molar-refractivity contribution is 9.10. The molecule has 0 bridgehead atoms. The molecular formula is C20H18BrN3O4. The quantitative estimate of drug-likeness (QED) is 0.581. The predicted octanol–water partition coefficient (Wildman–Crippen LogP) is 3.84. The first-order valence-electron chi connectivity index (χ1n) is 8.50. The second-order valence-electron chi connectivity index (χ2n) is 6.08. The van der Waals surface area contributed by atoms with Crippen molar-refractivity contribution in [1.82, 2.24) is 15.5 Å². The first-order valence-corrected chi connectivity index (χ1v) is 9.29. The van der Waals surface area contributed by atoms with Crippen LogP contribution >= 0.6 is 15.9 Å². The standard InChI is InChI=1S/C20H18BrN3O4/c1-12-22-20(28-24-12)15-5-3-14(4-6-15)19(26)23-17(11-18(25)27-2)13-7-9-16(21)10-8-13/h3-10,17H,11H2,1-2H3,(H,23,26). The molecule has 0 saturated heterocycles. The van der Waals surface area contributed by atoms with Gasteiger partial charge in [0.1, 0.15) is 0 Å². The van der Waals surface area contributed by atoms with Crippen LogP contribution in [0.5, 0.6) is 0 Å². The largest absolute Gasteiger partial charge is 0.469 e. The highest BCUT2D eigenvalue weighted by atomic mass is 79.9. The first-order chi connectivity index (χ1) is 13.5. The van der Waals surface area contributed by atoms with Gasteiger partial charge in [0.05, 0.1) is 19.6 Å². The number of aromatic nitrogens is 2. The van der Waals surface area contributed by atoms with Gasteiger partial charge in [-0.1, -0.05) is 33.2 Å². The van der Waals surface area contributed by atoms with E-state index in [9.17, 15) is 9.59 Å². The van der Waals surface area contributed by atoms with E-state index in [1.807, 2.05) is 24.3 Å². The lowest BCUT2D eigenvalue weighted by Gasteiger charge is -2.18. The number of aryl methyl sites for hydroxylation is 1. The monoisotopic (exact) mass is 443 g/mol. The van der Waals surface area contributed by atoms with Crippen LogP contribution in [0.3, 0.4) is 0 Å². The topological polar surface area (TPSA) is 94.3 Å². The summed E-state index contributed by atoms with van der Waals surface area (Å²) in [5.74, 6) is 0.222. The summed E-state index contributed by atoms with van der Waals surface area (Å²) >= 11 is 3.38. The second kappa shape index (κ2) is 8.79. The van der Waals surface area contributed by atoms with Gasteiger partial charge in [-0.25, -0.2) is 0 Å². The zero-order valence-electron chi connectivity index (χ0n) is 15.3. The summed E-state index contributed by atoms with van der Waals surface area (Å²) in [6, 6.07) is 13.7. The molecule has 8 heteroatoms. The molecule has 1 atom stereocenters. The van der Waals surface area contributed by atoms with Crippen LogP contribution in [0, 0.1) is 6.92 Å². The summed E-state index contributed by atoms with van der Waals surface area (Å²) in [6.07, 6.45) is 0.0310. The van der Waals surface area contributed by atoms with E-state index in [4.69, 9.17) is 9.26 Å². The highest BCUT2D eigenvalue weighted by Gasteiger charge is 2.20. The zero-order chi connectivity index (χ0) is 20.1. The molecule has 144 valence electrons. The van der Waals surface area contributed by atoms with E-state index in [0.717, 1.165) is 15.6 Å². The van der Waals surface area contributed by atoms with Crippen molar-refractivity contribution in [2.24, 2.45) is 0 Å². The Morgan fingerprint density at radius 1 is 1.14 bits per heavy atom. The molecule has 2 aromatic carbocycles. The Morgan fingerprint density at radius 3 is 2.39 bits per heavy atom. The molecule has 1 amide bonds. The van der Waals surface area contributed by atoms with E-state index >= 15 is 0 Å². The van der Waals surface area contributed by atoms with Crippen LogP contribution in [-0.4, -0.2) is 29.1 Å². The summed E-state index contributed by atoms with van der Waals surface area (Å²) < 4.78 is 10.8. The van der Waals surface area contributed by atoms with Crippen molar-refractivity contribution in [2.45, 2.75) is 19.4 Å². The van der Waals surface area contributed by atoms with E-state index in [0.29, 0.717) is 17.3 Å². The lowest BCUT2D eigenvalue weighted by Crippen LogP contribution is -2.30. The van der Waals surface area contributed by atoms with Crippen LogP contribution in [0.2, 0.25) is 0 Å². The van der Waals surface area contributed by atoms with Crippen LogP contribution in [0.1, 0.15) is 34.2 Å². The molecule has 1 heterocycles. The molecule has 1 N–H and O–H groups in total. The molecule has 0 radical (unpaired) electrons. The Morgan fingerprint density at radius 2 is 1.82 bits per heavy atom. The summed E-state index contributed by atoms with van der Waals surface area (Å²) in [7, 11) is 1.32. The number of ether oxygens (including phenoxy) is 1. The zero-order valence-corrected chi connectivity index (χ0v) is 16.9. The van der Waals surface area contributed by atoms with Gasteiger partial charge in [0.15, 0.2) is 5.82 Å². The maximum atomic E-state index is 12.7. The smallest absolute Gasteiger partial charge is 0.307 e. The van der Waals surface area contributed by atoms with Gasteiger partial charge >= 0.3 is 5.97 Å². The van der Waals surface area contributed by atoms with Gasteiger partial charge in [0.2, 0.25) is 0 Å². The van der Waals surface area contributed by atoms with Crippen molar-refractivity contribution in [3.05, 3.63) is 70.0 Å². The number of amides is 1. The number of rotatable bonds is 6. The van der Waals surface area contributed by atoms with Crippen LogP contribution in [0.15, 0.2) is 57.5 Å². The van der Waals surface area contributed by atoms with Crippen molar-refractivity contribution >= 4 is 27.8 Å². The molecule has 0 aliphatic carbocycles. The Kier molecular flexibility index (Phi) is 6.20. The minimum absolute atomic E-state index is 0.0310. The number of hydrogen-bond acceptors (Lipinski definition) is 6. The maximum Gasteiger partial charge on any atom is 0.307 e. The van der Waals surface area contributed by atoms with Crippen LogP contribution in [-0.2, 0) is 9.53 Å². The molecule has 3 rings (SSSR count). The molecular weight excluding hydrogens is 426 g/mol. The lowest BCUT2D eigenvalue weighted by molar-refractivity contribution is -0.141. The van der Waals surface area contributed by atoms with Gasteiger partial charge in [-0.2, -0.15) is 4.98 Å². The van der Waals surface area contributed by atoms with Gasteiger partial charge in [0.25, 0.3) is 11.8 Å². The summed E-state index contributed by atoms with van der Waals surface area (Å²) in [5.41, 5.74) is 1.98. The second-order valence-corrected chi connectivity index (χ2v) is 7.00. The fourth-order valence-corrected chi connectivity index (χ4v) is 2.88. The molecule has 3 aromatic rings. The minimum atomic E-state index is -0.508. The summed E-state index contributed by atoms with van der Waals surface area (Å²) in [6.45, 7) is 1.73. The maximum absolute atomic E-state index is 12.7. The Bertz CT molecular complexity index is 968. The molecule has 1 aromatic heterocycles. The molecule has 0 saturated carbocycles. The number of methoxy groups -OCH3 is 1. The Balaban J connectivity index is 1.77. The molecule has 0 fully saturated rings. The normalized spacial score (nSPS) is 11.7. The van der Waals surface area contributed by atoms with Crippen molar-refractivity contribution in [1.29, 1.82) is 0 Å². The highest BCUT2D eigenvalue weighted by Crippen LogP contribution is 2.22. The molecule has 28 heavy (non-hydrogen) atoms. The fraction of sp³-hybridized carbons (Fsp3) is 0.200. The minimum Gasteiger partial charge on any atom is -0.469 e. The number of nitrogens with one attached hydrogen (secondary N) is 1. The average Bonchev–Trinajstić information content (AvgIpc) is 3.14. The van der Waals surface area contributed by atoms with E-state index in [2.05, 4.69) is 31.4 Å². The third-order valence-electron chi connectivity index (χ3n) is 4.10. The van der Waals surface area contributed by atoms with E-state index in [-0.39, 0.29) is 12.3 Å². The fourth-order valence-electron chi connectivity index (χ4n) is 2.62. The third kappa shape index (κ3) is 4.83. The molecule has 0 aliphatic rings. The van der Waals surface area contributed by atoms with Gasteiger partial charge < -0.3 is 14.6 Å². The van der Waals surface area contributed by atoms with E-state index < -0.39 is 12.0 Å². The van der Waals surface area contributed by atoms with Crippen molar-refractivity contribution in [3.63, 3.8) is 0 Å². The number of carbonyl (C=O) groups is 2. The molecule has 0 aliphatic heterocycles. The van der Waals surface area contributed by atoms with E-state index in [1.54, 1.807) is 31.2 Å². The number of carbonyl (C=O) groups excluding carboxylic acids is 2. The van der Waals surface area contributed by atoms with Crippen molar-refractivity contribution < 1.29 is 18.8 Å². The average molecular weight is 444 g/mol. The van der Waals surface area contributed by atoms with Gasteiger partial charge in [0, 0.05) is 15.6 Å². The molecule has 0 spiro atoms. The number of halogens is 1. The predicted molar refractivity (Wildman–Crippen MR) is 105 cm³/mol. The van der Waals surface area contributed by atoms with Crippen LogP contribution in [0.4, 0.5) is 0 Å². The van der Waals surface area contributed by atoms with Gasteiger partial charge in [-0.3, -0.25) is 9.59 Å². The van der Waals surface area contributed by atoms with Crippen molar-refractivity contribution in [3.8, 4) is 11.5 Å². The van der Waals surface area contributed by atoms with Crippen LogP contribution in [0.25, 0.3) is 11.5 Å². The SMILES string of the molecule is COC(=O)CC(NC(=O)c1ccc(-c2nc(C)no2)cc1)c1ccc(Br)cc1. The number of esters is 1. The molecule has 7 nitrogen and oxygen atoms in total. The van der Waals surface area contributed by atoms with Gasteiger partial charge in [-0.05, 0) is 48.9 Å². The number of benzene rings is 2. The Labute approximate surface area is 170 Å². The van der Waals surface area contributed by atoms with Crippen molar-refractivity contribution in [2.75, 3.05) is 7.11 Å². The van der Waals surface area contributed by atoms with Crippen LogP contribution < -0.4 is 5.32 Å². The summed E-state index contributed by atoms with van der Waals surface area (Å²) in [4.78, 5) is 28.6. The Hall–Kier alpha value is -3.00. The van der Waals surface area contributed by atoms with E-state index in [1.165, 1.54) is 7.11 Å². The summed E-state index contributed by atoms with van der Waals surface area (Å²) in [5, 5.41) is 6.64.